The van der Waals surface area contributed by atoms with Crippen LogP contribution in [0.3, 0.4) is 0 Å². The topological polar surface area (TPSA) is 226 Å². The van der Waals surface area contributed by atoms with Gasteiger partial charge in [0.25, 0.3) is 0 Å². The molecular weight excluding hydrogens is 898 g/mol. The van der Waals surface area contributed by atoms with Gasteiger partial charge in [0.1, 0.15) is 40.2 Å². The SMILES string of the molecule is COC(=O)N[C@H](C(=O)N1CCC[C@H]1c1ncc(-c2cc(F)c3c(c2)OC(c2ccc(C(=O)O)s2)n2c-3cc3cc(-c4cnc([C@@H]5CCCN5C(=O)[C@@H](NC(=O)OC)C(C)C)[nH]4)ccc32)[nH]1)C(C)C. The van der Waals surface area contributed by atoms with Crippen LogP contribution in [0.1, 0.15) is 97.9 Å². The molecule has 6 aromatic rings. The average Bonchev–Trinajstić information content (AvgIpc) is 4.18. The smallest absolute Gasteiger partial charge is 0.407 e. The summed E-state index contributed by atoms with van der Waals surface area (Å²) in [6, 6.07) is 11.7. The van der Waals surface area contributed by atoms with Crippen molar-refractivity contribution < 1.29 is 47.7 Å². The largest absolute Gasteiger partial charge is 0.477 e. The van der Waals surface area contributed by atoms with E-state index >= 15 is 4.39 Å². The van der Waals surface area contributed by atoms with E-state index in [1.807, 2.05) is 56.5 Å². The fourth-order valence-corrected chi connectivity index (χ4v) is 10.4. The molecule has 2 aromatic carbocycles. The normalized spacial score (nSPS) is 18.6. The molecule has 2 saturated heterocycles. The molecule has 2 fully saturated rings. The number of carboxylic acids is 1. The number of halogens is 1. The van der Waals surface area contributed by atoms with Gasteiger partial charge in [0.05, 0.1) is 71.7 Å². The van der Waals surface area contributed by atoms with Crippen LogP contribution in [0.15, 0.2) is 60.9 Å². The van der Waals surface area contributed by atoms with Gasteiger partial charge in [-0.25, -0.2) is 28.7 Å². The number of amides is 4. The van der Waals surface area contributed by atoms with E-state index in [1.54, 1.807) is 34.3 Å². The third-order valence-corrected chi connectivity index (χ3v) is 14.1. The van der Waals surface area contributed by atoms with Crippen LogP contribution < -0.4 is 15.4 Å². The fourth-order valence-electron chi connectivity index (χ4n) is 9.58. The Hall–Kier alpha value is -7.22. The van der Waals surface area contributed by atoms with Crippen molar-refractivity contribution in [2.45, 2.75) is 83.8 Å². The van der Waals surface area contributed by atoms with Crippen molar-refractivity contribution in [3.05, 3.63) is 88.1 Å². The Bertz CT molecular complexity index is 2940. The van der Waals surface area contributed by atoms with Crippen molar-refractivity contribution in [3.63, 3.8) is 0 Å². The monoisotopic (exact) mass is 949 g/mol. The number of carbonyl (C=O) groups is 5. The number of carbonyl (C=O) groups excluding carboxylic acids is 4. The Balaban J connectivity index is 1.04. The lowest BCUT2D eigenvalue weighted by Crippen LogP contribution is -2.51. The Kier molecular flexibility index (Phi) is 12.5. The zero-order chi connectivity index (χ0) is 48.1. The quantitative estimate of drug-likeness (QED) is 0.0790. The van der Waals surface area contributed by atoms with Crippen molar-refractivity contribution in [2.75, 3.05) is 27.3 Å². The third kappa shape index (κ3) is 8.41. The summed E-state index contributed by atoms with van der Waals surface area (Å²) in [7, 11) is 2.51. The van der Waals surface area contributed by atoms with E-state index in [-0.39, 0.29) is 45.9 Å². The van der Waals surface area contributed by atoms with Crippen molar-refractivity contribution >= 4 is 52.2 Å². The van der Waals surface area contributed by atoms with Crippen molar-refractivity contribution in [3.8, 4) is 39.5 Å². The number of hydrogen-bond donors (Lipinski definition) is 5. The maximum atomic E-state index is 16.8. The summed E-state index contributed by atoms with van der Waals surface area (Å²) >= 11 is 1.07. The molecule has 68 heavy (non-hydrogen) atoms. The molecule has 0 saturated carbocycles. The van der Waals surface area contributed by atoms with Gasteiger partial charge in [0.15, 0.2) is 0 Å². The lowest BCUT2D eigenvalue weighted by Gasteiger charge is -2.30. The van der Waals surface area contributed by atoms with E-state index in [9.17, 15) is 29.1 Å². The highest BCUT2D eigenvalue weighted by Crippen LogP contribution is 2.48. The molecule has 20 heteroatoms. The number of aromatic carboxylic acids is 1. The summed E-state index contributed by atoms with van der Waals surface area (Å²) < 4.78 is 34.9. The van der Waals surface area contributed by atoms with Crippen LogP contribution >= 0.6 is 11.3 Å². The Morgan fingerprint density at radius 1 is 0.794 bits per heavy atom. The number of H-pyrrole nitrogens is 2. The first-order valence-corrected chi connectivity index (χ1v) is 23.4. The van der Waals surface area contributed by atoms with Crippen molar-refractivity contribution in [1.82, 2.24) is 44.9 Å². The first-order chi connectivity index (χ1) is 32.6. The number of fused-ring (bicyclic) bond motifs is 5. The van der Waals surface area contributed by atoms with Crippen LogP contribution in [-0.2, 0) is 19.1 Å². The first kappa shape index (κ1) is 45.9. The summed E-state index contributed by atoms with van der Waals surface area (Å²) in [6.45, 7) is 8.40. The molecule has 1 unspecified atom stereocenters. The number of ether oxygens (including phenoxy) is 3. The molecule has 9 rings (SSSR count). The van der Waals surface area contributed by atoms with E-state index in [2.05, 4.69) is 25.6 Å². The van der Waals surface area contributed by atoms with E-state index in [0.717, 1.165) is 35.1 Å². The number of nitrogens with one attached hydrogen (secondary N) is 4. The highest BCUT2D eigenvalue weighted by molar-refractivity contribution is 7.14. The highest BCUT2D eigenvalue weighted by Gasteiger charge is 2.40. The maximum absolute atomic E-state index is 16.8. The molecule has 0 spiro atoms. The summed E-state index contributed by atoms with van der Waals surface area (Å²) in [4.78, 5) is 84.1. The minimum absolute atomic E-state index is 0.122. The van der Waals surface area contributed by atoms with Gasteiger partial charge in [-0.2, -0.15) is 0 Å². The second-order valence-electron chi connectivity index (χ2n) is 17.9. The minimum Gasteiger partial charge on any atom is -0.477 e. The third-order valence-electron chi connectivity index (χ3n) is 13.0. The molecule has 0 bridgehead atoms. The van der Waals surface area contributed by atoms with Crippen molar-refractivity contribution in [1.29, 1.82) is 0 Å². The maximum Gasteiger partial charge on any atom is 0.407 e. The van der Waals surface area contributed by atoms with Gasteiger partial charge in [0, 0.05) is 29.6 Å². The van der Waals surface area contributed by atoms with Crippen LogP contribution in [0.25, 0.3) is 44.7 Å². The van der Waals surface area contributed by atoms with Crippen LogP contribution in [0.2, 0.25) is 0 Å². The molecule has 18 nitrogen and oxygen atoms in total. The zero-order valence-electron chi connectivity index (χ0n) is 38.3. The molecule has 5 N–H and O–H groups in total. The number of alkyl carbamates (subject to hydrolysis) is 2. The fraction of sp³-hybridized carbons (Fsp3) is 0.396. The summed E-state index contributed by atoms with van der Waals surface area (Å²) in [5.41, 5.74) is 3.90. The molecular formula is C48H52FN9O9S. The molecule has 3 aliphatic heterocycles. The van der Waals surface area contributed by atoms with Gasteiger partial charge < -0.3 is 49.7 Å². The van der Waals surface area contributed by atoms with Crippen LogP contribution in [0.4, 0.5) is 14.0 Å². The van der Waals surface area contributed by atoms with Crippen LogP contribution in [0.5, 0.6) is 5.75 Å². The second-order valence-corrected chi connectivity index (χ2v) is 19.1. The van der Waals surface area contributed by atoms with Gasteiger partial charge in [-0.15, -0.1) is 11.3 Å². The van der Waals surface area contributed by atoms with Gasteiger partial charge in [0.2, 0.25) is 18.0 Å². The highest BCUT2D eigenvalue weighted by atomic mass is 32.1. The average molecular weight is 950 g/mol. The number of nitrogens with zero attached hydrogens (tertiary/aromatic N) is 5. The number of aromatic amines is 2. The first-order valence-electron chi connectivity index (χ1n) is 22.5. The summed E-state index contributed by atoms with van der Waals surface area (Å²) in [5.74, 6) is -1.11. The lowest BCUT2D eigenvalue weighted by molar-refractivity contribution is -0.136. The number of benzene rings is 2. The van der Waals surface area contributed by atoms with Gasteiger partial charge in [-0.1, -0.05) is 33.8 Å². The molecule has 4 amide bonds. The van der Waals surface area contributed by atoms with Gasteiger partial charge in [-0.3, -0.25) is 14.2 Å². The number of aromatic nitrogens is 5. The predicted octanol–water partition coefficient (Wildman–Crippen LogP) is 8.01. The van der Waals surface area contributed by atoms with Crippen LogP contribution in [0, 0.1) is 17.7 Å². The minimum atomic E-state index is -1.08. The van der Waals surface area contributed by atoms with E-state index in [0.29, 0.717) is 70.6 Å². The number of carboxylic acid groups (broad SMARTS) is 1. The number of thiophene rings is 1. The number of imidazole rings is 2. The predicted molar refractivity (Wildman–Crippen MR) is 248 cm³/mol. The second kappa shape index (κ2) is 18.5. The molecule has 7 heterocycles. The molecule has 356 valence electrons. The van der Waals surface area contributed by atoms with Crippen molar-refractivity contribution in [2.24, 2.45) is 11.8 Å². The number of hydrogen-bond acceptors (Lipinski definition) is 11. The number of likely N-dealkylation sites (tertiary alicyclic amines) is 2. The van der Waals surface area contributed by atoms with E-state index in [4.69, 9.17) is 19.2 Å². The molecule has 3 aliphatic rings. The van der Waals surface area contributed by atoms with E-state index in [1.165, 1.54) is 26.4 Å². The Morgan fingerprint density at radius 2 is 1.37 bits per heavy atom. The molecule has 5 atom stereocenters. The molecule has 0 aliphatic carbocycles. The van der Waals surface area contributed by atoms with Gasteiger partial charge >= 0.3 is 18.2 Å². The zero-order valence-corrected chi connectivity index (χ0v) is 39.1. The summed E-state index contributed by atoms with van der Waals surface area (Å²) in [6.07, 6.45) is 3.89. The standard InChI is InChI=1S/C48H52FN9O9S/c1-23(2)39(54-47(63)65-5)43(59)56-15-7-9-32(56)41-50-21-29(52-41)25-11-12-31-27(17-25)19-34-38-28(49)18-26(20-35(38)67-45(58(31)34)36-13-14-37(68-36)46(61)62)30-22-51-42(53-30)33-10-8-16-57(33)44(60)40(24(3)4)55-48(64)66-6/h11-14,17-24,32-33,39-40,45H,7-10,15-16H2,1-6H3,(H,50,52)(H,51,53)(H,54,63)(H,55,64)(H,61,62)/t32-,33-,39-,40-,45?/m0/s1. The number of rotatable bonds is 12. The van der Waals surface area contributed by atoms with Crippen LogP contribution in [-0.4, -0.2) is 109 Å². The van der Waals surface area contributed by atoms with E-state index < -0.39 is 48.3 Å². The van der Waals surface area contributed by atoms with Gasteiger partial charge in [-0.05, 0) is 80.0 Å². The lowest BCUT2D eigenvalue weighted by atomic mass is 10.0. The Morgan fingerprint density at radius 3 is 1.90 bits per heavy atom. The Labute approximate surface area is 394 Å². The summed E-state index contributed by atoms with van der Waals surface area (Å²) in [5, 5.41) is 16.0. The molecule has 0 radical (unpaired) electrons. The number of methoxy groups -OCH3 is 2. The molecule has 4 aromatic heterocycles.